The number of aliphatic hydroxyl groups is 1. The Morgan fingerprint density at radius 2 is 2.00 bits per heavy atom. The van der Waals surface area contributed by atoms with E-state index in [0.717, 1.165) is 64.7 Å². The van der Waals surface area contributed by atoms with Crippen LogP contribution in [0.2, 0.25) is 0 Å². The molecule has 1 aromatic rings. The van der Waals surface area contributed by atoms with Crippen LogP contribution in [0.4, 0.5) is 0 Å². The summed E-state index contributed by atoms with van der Waals surface area (Å²) in [7, 11) is 0. The van der Waals surface area contributed by atoms with E-state index in [1.54, 1.807) is 17.1 Å². The predicted octanol–water partition coefficient (Wildman–Crippen LogP) is 1.26. The Labute approximate surface area is 125 Å². The van der Waals surface area contributed by atoms with Crippen molar-refractivity contribution in [3.8, 4) is 0 Å². The highest BCUT2D eigenvalue weighted by Crippen LogP contribution is 2.31. The van der Waals surface area contributed by atoms with Crippen molar-refractivity contribution in [1.29, 1.82) is 0 Å². The number of aromatic nitrogens is 2. The molecule has 5 nitrogen and oxygen atoms in total. The molecular weight excluding hydrogens is 266 g/mol. The number of piperidine rings is 1. The number of rotatable bonds is 4. The van der Waals surface area contributed by atoms with Crippen LogP contribution >= 0.6 is 0 Å². The molecule has 2 fully saturated rings. The molecule has 116 valence electrons. The maximum atomic E-state index is 11.7. The maximum Gasteiger partial charge on any atom is 0.253 e. The van der Waals surface area contributed by atoms with E-state index in [1.807, 2.05) is 0 Å². The van der Waals surface area contributed by atoms with Crippen LogP contribution in [0.15, 0.2) is 23.4 Å². The molecule has 1 aliphatic carbocycles. The zero-order valence-electron chi connectivity index (χ0n) is 12.6. The molecule has 3 rings (SSSR count). The minimum Gasteiger partial charge on any atom is -0.389 e. The van der Waals surface area contributed by atoms with Crippen LogP contribution in [-0.2, 0) is 6.54 Å². The van der Waals surface area contributed by atoms with E-state index in [4.69, 9.17) is 0 Å². The summed E-state index contributed by atoms with van der Waals surface area (Å²) in [6.45, 7) is 3.65. The van der Waals surface area contributed by atoms with E-state index in [0.29, 0.717) is 5.92 Å². The SMILES string of the molecule is O=c1ccncn1CC1CCN(CC2(O)CCCC2)CC1. The molecule has 0 aromatic carbocycles. The summed E-state index contributed by atoms with van der Waals surface area (Å²) in [6, 6.07) is 1.52. The summed E-state index contributed by atoms with van der Waals surface area (Å²) in [4.78, 5) is 18.1. The second-order valence-electron chi connectivity index (χ2n) is 6.72. The third-order valence-electron chi connectivity index (χ3n) is 5.01. The van der Waals surface area contributed by atoms with Crippen molar-refractivity contribution in [2.24, 2.45) is 5.92 Å². The quantitative estimate of drug-likeness (QED) is 0.907. The van der Waals surface area contributed by atoms with Gasteiger partial charge in [-0.1, -0.05) is 12.8 Å². The fourth-order valence-electron chi connectivity index (χ4n) is 3.73. The summed E-state index contributed by atoms with van der Waals surface area (Å²) in [5, 5.41) is 10.5. The van der Waals surface area contributed by atoms with Gasteiger partial charge < -0.3 is 10.0 Å². The fraction of sp³-hybridized carbons (Fsp3) is 0.750. The van der Waals surface area contributed by atoms with E-state index in [2.05, 4.69) is 9.88 Å². The number of β-amino-alcohol motifs (C(OH)–C–C–N with tert-alkyl or cyclic N) is 1. The van der Waals surface area contributed by atoms with Gasteiger partial charge in [0.25, 0.3) is 5.56 Å². The van der Waals surface area contributed by atoms with E-state index in [1.165, 1.54) is 6.07 Å². The van der Waals surface area contributed by atoms with Crippen LogP contribution in [0.5, 0.6) is 0 Å². The molecule has 0 radical (unpaired) electrons. The van der Waals surface area contributed by atoms with E-state index < -0.39 is 5.60 Å². The third kappa shape index (κ3) is 3.71. The first kappa shape index (κ1) is 14.7. The van der Waals surface area contributed by atoms with Crippen LogP contribution in [0.3, 0.4) is 0 Å². The Bertz CT molecular complexity index is 514. The summed E-state index contributed by atoms with van der Waals surface area (Å²) >= 11 is 0. The highest BCUT2D eigenvalue weighted by atomic mass is 16.3. The predicted molar refractivity (Wildman–Crippen MR) is 81.1 cm³/mol. The van der Waals surface area contributed by atoms with Gasteiger partial charge in [-0.2, -0.15) is 0 Å². The van der Waals surface area contributed by atoms with Crippen molar-refractivity contribution in [1.82, 2.24) is 14.5 Å². The van der Waals surface area contributed by atoms with Crippen LogP contribution in [0.25, 0.3) is 0 Å². The maximum absolute atomic E-state index is 11.7. The van der Waals surface area contributed by atoms with Crippen LogP contribution in [-0.4, -0.2) is 44.8 Å². The van der Waals surface area contributed by atoms with Gasteiger partial charge in [0.05, 0.1) is 11.9 Å². The van der Waals surface area contributed by atoms with Crippen molar-refractivity contribution in [2.45, 2.75) is 50.7 Å². The number of nitrogens with zero attached hydrogens (tertiary/aromatic N) is 3. The van der Waals surface area contributed by atoms with Crippen LogP contribution in [0, 0.1) is 5.92 Å². The second-order valence-corrected chi connectivity index (χ2v) is 6.72. The average molecular weight is 291 g/mol. The number of likely N-dealkylation sites (tertiary alicyclic amines) is 1. The Kier molecular flexibility index (Phi) is 4.40. The van der Waals surface area contributed by atoms with Gasteiger partial charge in [0.1, 0.15) is 0 Å². The molecule has 2 heterocycles. The normalized spacial score (nSPS) is 23.5. The van der Waals surface area contributed by atoms with Crippen molar-refractivity contribution < 1.29 is 5.11 Å². The van der Waals surface area contributed by atoms with E-state index >= 15 is 0 Å². The Hall–Kier alpha value is -1.20. The van der Waals surface area contributed by atoms with Crippen molar-refractivity contribution in [3.63, 3.8) is 0 Å². The second kappa shape index (κ2) is 6.28. The first-order valence-electron chi connectivity index (χ1n) is 8.10. The molecular formula is C16H25N3O2. The summed E-state index contributed by atoms with van der Waals surface area (Å²) < 4.78 is 1.71. The Morgan fingerprint density at radius 3 is 2.67 bits per heavy atom. The molecule has 21 heavy (non-hydrogen) atoms. The number of hydrogen-bond acceptors (Lipinski definition) is 4. The van der Waals surface area contributed by atoms with Gasteiger partial charge in [0, 0.05) is 25.4 Å². The standard InChI is InChI=1S/C16H25N3O2/c20-15-3-8-17-13-19(15)11-14-4-9-18(10-5-14)12-16(21)6-1-2-7-16/h3,8,13-14,21H,1-2,4-7,9-12H2. The van der Waals surface area contributed by atoms with E-state index in [-0.39, 0.29) is 5.56 Å². The van der Waals surface area contributed by atoms with Gasteiger partial charge in [0.2, 0.25) is 0 Å². The van der Waals surface area contributed by atoms with Crippen molar-refractivity contribution in [3.05, 3.63) is 28.9 Å². The molecule has 0 amide bonds. The van der Waals surface area contributed by atoms with Gasteiger partial charge in [0.15, 0.2) is 0 Å². The van der Waals surface area contributed by atoms with Crippen molar-refractivity contribution >= 4 is 0 Å². The molecule has 5 heteroatoms. The lowest BCUT2D eigenvalue weighted by atomic mass is 9.94. The van der Waals surface area contributed by atoms with Gasteiger partial charge in [-0.3, -0.25) is 9.36 Å². The topological polar surface area (TPSA) is 58.4 Å². The molecule has 0 spiro atoms. The molecule has 1 saturated carbocycles. The lowest BCUT2D eigenvalue weighted by molar-refractivity contribution is -0.000618. The van der Waals surface area contributed by atoms with E-state index in [9.17, 15) is 9.90 Å². The first-order chi connectivity index (χ1) is 10.1. The Morgan fingerprint density at radius 1 is 1.29 bits per heavy atom. The third-order valence-corrected chi connectivity index (χ3v) is 5.01. The van der Waals surface area contributed by atoms with Gasteiger partial charge in [-0.05, 0) is 44.7 Å². The average Bonchev–Trinajstić information content (AvgIpc) is 2.90. The Balaban J connectivity index is 1.49. The highest BCUT2D eigenvalue weighted by Gasteiger charge is 2.34. The molecule has 1 aliphatic heterocycles. The minimum atomic E-state index is -0.437. The monoisotopic (exact) mass is 291 g/mol. The largest absolute Gasteiger partial charge is 0.389 e. The lowest BCUT2D eigenvalue weighted by Gasteiger charge is -2.36. The molecule has 0 bridgehead atoms. The number of hydrogen-bond donors (Lipinski definition) is 1. The fourth-order valence-corrected chi connectivity index (χ4v) is 3.73. The van der Waals surface area contributed by atoms with Crippen LogP contribution < -0.4 is 5.56 Å². The molecule has 1 saturated heterocycles. The van der Waals surface area contributed by atoms with Crippen molar-refractivity contribution in [2.75, 3.05) is 19.6 Å². The molecule has 1 N–H and O–H groups in total. The summed E-state index contributed by atoms with van der Waals surface area (Å²) in [5.74, 6) is 0.543. The summed E-state index contributed by atoms with van der Waals surface area (Å²) in [6.07, 6.45) is 9.61. The molecule has 2 aliphatic rings. The lowest BCUT2D eigenvalue weighted by Crippen LogP contribution is -2.45. The molecule has 0 atom stereocenters. The zero-order chi connectivity index (χ0) is 14.7. The first-order valence-corrected chi connectivity index (χ1v) is 8.10. The van der Waals surface area contributed by atoms with Gasteiger partial charge in [-0.25, -0.2) is 4.98 Å². The highest BCUT2D eigenvalue weighted by molar-refractivity contribution is 4.89. The minimum absolute atomic E-state index is 0.0349. The van der Waals surface area contributed by atoms with Gasteiger partial charge in [-0.15, -0.1) is 0 Å². The smallest absolute Gasteiger partial charge is 0.253 e. The van der Waals surface area contributed by atoms with Gasteiger partial charge >= 0.3 is 0 Å². The molecule has 1 aromatic heterocycles. The van der Waals surface area contributed by atoms with Crippen LogP contribution in [0.1, 0.15) is 38.5 Å². The molecule has 0 unspecified atom stereocenters. The zero-order valence-corrected chi connectivity index (χ0v) is 12.6. The summed E-state index contributed by atoms with van der Waals surface area (Å²) in [5.41, 5.74) is -0.402.